The number of rotatable bonds is 4. The summed E-state index contributed by atoms with van der Waals surface area (Å²) in [6.45, 7) is 7.97. The summed E-state index contributed by atoms with van der Waals surface area (Å²) in [6.07, 6.45) is 1.22. The second-order valence-electron chi connectivity index (χ2n) is 6.42. The molecule has 0 bridgehead atoms. The van der Waals surface area contributed by atoms with Crippen molar-refractivity contribution >= 4 is 5.91 Å². The lowest BCUT2D eigenvalue weighted by atomic mass is 9.96. The van der Waals surface area contributed by atoms with Crippen LogP contribution < -0.4 is 4.74 Å². The van der Waals surface area contributed by atoms with Gasteiger partial charge in [0, 0.05) is 6.54 Å². The van der Waals surface area contributed by atoms with Crippen LogP contribution in [0.3, 0.4) is 0 Å². The first kappa shape index (κ1) is 15.8. The Balaban J connectivity index is 2.05. The van der Waals surface area contributed by atoms with Crippen molar-refractivity contribution in [3.63, 3.8) is 0 Å². The van der Waals surface area contributed by atoms with Crippen LogP contribution in [0.4, 0.5) is 0 Å². The normalized spacial score (nSPS) is 20.4. The van der Waals surface area contributed by atoms with Gasteiger partial charge >= 0.3 is 0 Å². The summed E-state index contributed by atoms with van der Waals surface area (Å²) in [6, 6.07) is 7.55. The molecule has 0 saturated carbocycles. The summed E-state index contributed by atoms with van der Waals surface area (Å²) < 4.78 is 5.76. The van der Waals surface area contributed by atoms with Gasteiger partial charge in [-0.2, -0.15) is 0 Å². The van der Waals surface area contributed by atoms with Crippen molar-refractivity contribution in [3.05, 3.63) is 29.8 Å². The number of aliphatic hydroxyl groups is 1. The van der Waals surface area contributed by atoms with Crippen molar-refractivity contribution in [1.82, 2.24) is 4.90 Å². The van der Waals surface area contributed by atoms with Crippen LogP contribution in [0.5, 0.6) is 5.75 Å². The quantitative estimate of drug-likeness (QED) is 0.927. The van der Waals surface area contributed by atoms with Gasteiger partial charge in [0.15, 0.2) is 6.10 Å². The zero-order valence-electron chi connectivity index (χ0n) is 13.3. The third kappa shape index (κ3) is 3.76. The van der Waals surface area contributed by atoms with Crippen LogP contribution in [0.15, 0.2) is 24.3 Å². The highest BCUT2D eigenvalue weighted by Gasteiger charge is 2.40. The van der Waals surface area contributed by atoms with E-state index in [4.69, 9.17) is 4.74 Å². The van der Waals surface area contributed by atoms with E-state index >= 15 is 0 Å². The summed E-state index contributed by atoms with van der Waals surface area (Å²) >= 11 is 0. The van der Waals surface area contributed by atoms with Crippen molar-refractivity contribution in [2.75, 3.05) is 6.54 Å². The molecule has 1 saturated heterocycles. The summed E-state index contributed by atoms with van der Waals surface area (Å²) in [5, 5.41) is 10.2. The summed E-state index contributed by atoms with van der Waals surface area (Å²) in [4.78, 5) is 14.3. The van der Waals surface area contributed by atoms with Gasteiger partial charge in [0.1, 0.15) is 5.75 Å². The molecule has 1 heterocycles. The Morgan fingerprint density at radius 3 is 2.81 bits per heavy atom. The van der Waals surface area contributed by atoms with E-state index in [1.165, 1.54) is 0 Å². The fourth-order valence-electron chi connectivity index (χ4n) is 2.94. The molecule has 0 radical (unpaired) electrons. The maximum absolute atomic E-state index is 12.6. The highest BCUT2D eigenvalue weighted by atomic mass is 16.5. The molecule has 1 N–H and O–H groups in total. The minimum atomic E-state index is -0.880. The van der Waals surface area contributed by atoms with Crippen LogP contribution in [0.2, 0.25) is 0 Å². The van der Waals surface area contributed by atoms with Crippen molar-refractivity contribution in [2.24, 2.45) is 0 Å². The third-order valence-corrected chi connectivity index (χ3v) is 4.00. The zero-order valence-corrected chi connectivity index (χ0v) is 13.3. The van der Waals surface area contributed by atoms with Crippen molar-refractivity contribution in [1.29, 1.82) is 0 Å². The maximum atomic E-state index is 12.6. The first-order valence-corrected chi connectivity index (χ1v) is 7.55. The van der Waals surface area contributed by atoms with Gasteiger partial charge in [0.25, 0.3) is 5.91 Å². The lowest BCUT2D eigenvalue weighted by molar-refractivity contribution is -0.143. The Kier molecular flexibility index (Phi) is 4.57. The number of amides is 1. The topological polar surface area (TPSA) is 49.8 Å². The predicted octanol–water partition coefficient (Wildman–Crippen LogP) is 2.52. The molecule has 4 heteroatoms. The van der Waals surface area contributed by atoms with E-state index in [1.807, 2.05) is 31.2 Å². The molecule has 1 aliphatic rings. The van der Waals surface area contributed by atoms with Crippen LogP contribution in [0.1, 0.15) is 39.2 Å². The fraction of sp³-hybridized carbons (Fsp3) is 0.588. The Morgan fingerprint density at radius 1 is 1.48 bits per heavy atom. The molecule has 1 amide bonds. The maximum Gasteiger partial charge on any atom is 0.263 e. The standard InChI is InChI=1S/C17H25NO3/c1-12-7-5-8-14(11-12)21-13(2)16(19)18-10-6-9-15(18)17(3,4)20/h5,7-8,11,13,15,20H,6,9-10H2,1-4H3. The van der Waals surface area contributed by atoms with Gasteiger partial charge in [-0.25, -0.2) is 0 Å². The summed E-state index contributed by atoms with van der Waals surface area (Å²) in [7, 11) is 0. The van der Waals surface area contributed by atoms with Crippen molar-refractivity contribution in [2.45, 2.75) is 58.3 Å². The van der Waals surface area contributed by atoms with Gasteiger partial charge in [-0.3, -0.25) is 4.79 Å². The summed E-state index contributed by atoms with van der Waals surface area (Å²) in [5.41, 5.74) is 0.220. The van der Waals surface area contributed by atoms with E-state index in [0.29, 0.717) is 12.3 Å². The van der Waals surface area contributed by atoms with E-state index < -0.39 is 11.7 Å². The summed E-state index contributed by atoms with van der Waals surface area (Å²) in [5.74, 6) is 0.649. The third-order valence-electron chi connectivity index (χ3n) is 4.00. The number of hydrogen-bond acceptors (Lipinski definition) is 3. The smallest absolute Gasteiger partial charge is 0.263 e. The molecule has 0 spiro atoms. The van der Waals surface area contributed by atoms with Gasteiger partial charge in [0.2, 0.25) is 0 Å². The lowest BCUT2D eigenvalue weighted by Crippen LogP contribution is -2.51. The number of likely N-dealkylation sites (tertiary alicyclic amines) is 1. The monoisotopic (exact) mass is 291 g/mol. The lowest BCUT2D eigenvalue weighted by Gasteiger charge is -2.35. The number of ether oxygens (including phenoxy) is 1. The van der Waals surface area contributed by atoms with E-state index in [-0.39, 0.29) is 11.9 Å². The zero-order chi connectivity index (χ0) is 15.6. The largest absolute Gasteiger partial charge is 0.481 e. The SMILES string of the molecule is Cc1cccc(OC(C)C(=O)N2CCCC2C(C)(C)O)c1. The number of hydrogen-bond donors (Lipinski definition) is 1. The van der Waals surface area contributed by atoms with E-state index in [9.17, 15) is 9.90 Å². The number of carbonyl (C=O) groups is 1. The number of benzene rings is 1. The molecule has 1 aromatic carbocycles. The number of carbonyl (C=O) groups excluding carboxylic acids is 1. The number of aryl methyl sites for hydroxylation is 1. The molecule has 0 aliphatic carbocycles. The van der Waals surface area contributed by atoms with E-state index in [0.717, 1.165) is 18.4 Å². The van der Waals surface area contributed by atoms with Crippen molar-refractivity contribution in [3.8, 4) is 5.75 Å². The van der Waals surface area contributed by atoms with Crippen molar-refractivity contribution < 1.29 is 14.6 Å². The van der Waals surface area contributed by atoms with E-state index in [1.54, 1.807) is 25.7 Å². The average Bonchev–Trinajstić information content (AvgIpc) is 2.86. The Labute approximate surface area is 126 Å². The molecule has 116 valence electrons. The molecule has 2 atom stereocenters. The fourth-order valence-corrected chi connectivity index (χ4v) is 2.94. The van der Waals surface area contributed by atoms with E-state index in [2.05, 4.69) is 0 Å². The van der Waals surface area contributed by atoms with Crippen LogP contribution in [-0.2, 0) is 4.79 Å². The molecular weight excluding hydrogens is 266 g/mol. The van der Waals surface area contributed by atoms with Gasteiger partial charge in [-0.1, -0.05) is 12.1 Å². The van der Waals surface area contributed by atoms with Crippen LogP contribution in [0.25, 0.3) is 0 Å². The van der Waals surface area contributed by atoms with Crippen LogP contribution in [0, 0.1) is 6.92 Å². The molecule has 1 fully saturated rings. The van der Waals surface area contributed by atoms with Crippen LogP contribution >= 0.6 is 0 Å². The van der Waals surface area contributed by atoms with Gasteiger partial charge < -0.3 is 14.7 Å². The molecule has 21 heavy (non-hydrogen) atoms. The molecule has 1 aromatic rings. The Bertz CT molecular complexity index is 507. The van der Waals surface area contributed by atoms with Crippen LogP contribution in [-0.4, -0.2) is 40.2 Å². The first-order chi connectivity index (χ1) is 9.79. The molecule has 1 aliphatic heterocycles. The molecule has 2 unspecified atom stereocenters. The highest BCUT2D eigenvalue weighted by molar-refractivity contribution is 5.81. The van der Waals surface area contributed by atoms with Gasteiger partial charge in [-0.15, -0.1) is 0 Å². The Hall–Kier alpha value is -1.55. The predicted molar refractivity (Wildman–Crippen MR) is 82.3 cm³/mol. The minimum Gasteiger partial charge on any atom is -0.481 e. The molecule has 4 nitrogen and oxygen atoms in total. The first-order valence-electron chi connectivity index (χ1n) is 7.55. The Morgan fingerprint density at radius 2 is 2.19 bits per heavy atom. The molecule has 2 rings (SSSR count). The van der Waals surface area contributed by atoms with Gasteiger partial charge in [0.05, 0.1) is 11.6 Å². The average molecular weight is 291 g/mol. The molecular formula is C17H25NO3. The second kappa shape index (κ2) is 6.06. The number of nitrogens with zero attached hydrogens (tertiary/aromatic N) is 1. The highest BCUT2D eigenvalue weighted by Crippen LogP contribution is 2.28. The van der Waals surface area contributed by atoms with Gasteiger partial charge in [-0.05, 0) is 58.2 Å². The second-order valence-corrected chi connectivity index (χ2v) is 6.42. The minimum absolute atomic E-state index is 0.0545. The molecule has 0 aromatic heterocycles.